The minimum atomic E-state index is -4.20. The summed E-state index contributed by atoms with van der Waals surface area (Å²) in [5, 5.41) is 3.40. The second kappa shape index (κ2) is 7.97. The van der Waals surface area contributed by atoms with Crippen molar-refractivity contribution >= 4 is 37.4 Å². The Balaban J connectivity index is 2.17. The minimum absolute atomic E-state index is 0.104. The average Bonchev–Trinajstić information content (AvgIpc) is 3.00. The van der Waals surface area contributed by atoms with Crippen LogP contribution in [0.15, 0.2) is 46.5 Å². The molecule has 9 nitrogen and oxygen atoms in total. The largest absolute Gasteiger partial charge is 0.268 e. The first kappa shape index (κ1) is 22.2. The van der Waals surface area contributed by atoms with E-state index < -0.39 is 19.9 Å². The van der Waals surface area contributed by atoms with Gasteiger partial charge in [-0.3, -0.25) is 4.68 Å². The lowest BCUT2D eigenvalue weighted by molar-refractivity contribution is 0.595. The highest BCUT2D eigenvalue weighted by molar-refractivity contribution is 7.92. The van der Waals surface area contributed by atoms with Crippen molar-refractivity contribution in [1.29, 1.82) is 0 Å². The van der Waals surface area contributed by atoms with Crippen molar-refractivity contribution in [2.45, 2.75) is 29.7 Å². The predicted molar refractivity (Wildman–Crippen MR) is 114 cm³/mol. The van der Waals surface area contributed by atoms with Gasteiger partial charge in [0.2, 0.25) is 5.95 Å². The Hall–Kier alpha value is -2.50. The molecule has 160 valence electrons. The summed E-state index contributed by atoms with van der Waals surface area (Å²) in [5.41, 5.74) is 1.89. The molecule has 2 aromatic heterocycles. The molecule has 0 atom stereocenters. The molecule has 0 fully saturated rings. The van der Waals surface area contributed by atoms with Gasteiger partial charge < -0.3 is 0 Å². The van der Waals surface area contributed by atoms with Gasteiger partial charge in [-0.15, -0.1) is 0 Å². The summed E-state index contributed by atoms with van der Waals surface area (Å²) >= 11 is 5.99. The number of aryl methyl sites for hydroxylation is 1. The predicted octanol–water partition coefficient (Wildman–Crippen LogP) is 2.86. The zero-order valence-corrected chi connectivity index (χ0v) is 19.0. The highest BCUT2D eigenvalue weighted by Crippen LogP contribution is 2.30. The maximum absolute atomic E-state index is 12.7. The van der Waals surface area contributed by atoms with E-state index in [0.717, 1.165) is 18.0 Å². The molecular formula is C18H20ClN5O4S2. The van der Waals surface area contributed by atoms with Gasteiger partial charge in [0.1, 0.15) is 10.0 Å². The molecule has 3 rings (SSSR count). The lowest BCUT2D eigenvalue weighted by Crippen LogP contribution is -2.17. The highest BCUT2D eigenvalue weighted by atomic mass is 35.5. The summed E-state index contributed by atoms with van der Waals surface area (Å²) in [6.45, 7) is 3.98. The first-order valence-electron chi connectivity index (χ1n) is 8.79. The van der Waals surface area contributed by atoms with E-state index >= 15 is 0 Å². The van der Waals surface area contributed by atoms with Gasteiger partial charge in [0.05, 0.1) is 11.9 Å². The molecule has 0 unspecified atom stereocenters. The van der Waals surface area contributed by atoms with E-state index in [0.29, 0.717) is 5.56 Å². The van der Waals surface area contributed by atoms with Crippen LogP contribution in [0.3, 0.4) is 0 Å². The van der Waals surface area contributed by atoms with Crippen LogP contribution in [0.4, 0.5) is 5.95 Å². The molecular weight excluding hydrogens is 450 g/mol. The summed E-state index contributed by atoms with van der Waals surface area (Å²) in [4.78, 5) is 7.89. The van der Waals surface area contributed by atoms with Gasteiger partial charge >= 0.3 is 0 Å². The SMILES string of the molecule is CC(C)c1ccccc1-c1cc(S(C)(=O)=O)nc(NS(=O)(=O)c2cnn(C)c2Cl)n1. The molecule has 0 aliphatic rings. The smallest absolute Gasteiger partial charge is 0.256 e. The molecule has 0 spiro atoms. The van der Waals surface area contributed by atoms with Crippen LogP contribution < -0.4 is 4.72 Å². The van der Waals surface area contributed by atoms with Crippen LogP contribution >= 0.6 is 11.6 Å². The van der Waals surface area contributed by atoms with Gasteiger partial charge in [-0.25, -0.2) is 31.5 Å². The third-order valence-corrected chi connectivity index (χ3v) is 7.15. The quantitative estimate of drug-likeness (QED) is 0.550. The van der Waals surface area contributed by atoms with Crippen molar-refractivity contribution < 1.29 is 16.8 Å². The average molecular weight is 470 g/mol. The minimum Gasteiger partial charge on any atom is -0.256 e. The van der Waals surface area contributed by atoms with E-state index in [-0.39, 0.29) is 32.6 Å². The number of halogens is 1. The number of anilines is 1. The molecule has 0 aliphatic heterocycles. The molecule has 0 radical (unpaired) electrons. The number of hydrogen-bond donors (Lipinski definition) is 1. The molecule has 12 heteroatoms. The third kappa shape index (κ3) is 4.47. The van der Waals surface area contributed by atoms with Gasteiger partial charge in [0.15, 0.2) is 14.9 Å². The first-order valence-corrected chi connectivity index (χ1v) is 12.5. The fourth-order valence-electron chi connectivity index (χ4n) is 2.79. The van der Waals surface area contributed by atoms with Crippen molar-refractivity contribution in [3.8, 4) is 11.3 Å². The van der Waals surface area contributed by atoms with Gasteiger partial charge in [-0.2, -0.15) is 5.10 Å². The highest BCUT2D eigenvalue weighted by Gasteiger charge is 2.24. The Bertz CT molecular complexity index is 1320. The molecule has 0 saturated carbocycles. The van der Waals surface area contributed by atoms with E-state index in [1.165, 1.54) is 17.8 Å². The summed E-state index contributed by atoms with van der Waals surface area (Å²) in [7, 11) is -6.45. The fourth-order valence-corrected chi connectivity index (χ4v) is 4.75. The second-order valence-corrected chi connectivity index (χ2v) is 10.9. The molecule has 2 heterocycles. The zero-order valence-electron chi connectivity index (χ0n) is 16.7. The van der Waals surface area contributed by atoms with Crippen LogP contribution in [-0.2, 0) is 26.9 Å². The fraction of sp³-hybridized carbons (Fsp3) is 0.278. The standard InChI is InChI=1S/C18H20ClN5O4S2/c1-11(2)12-7-5-6-8-13(12)14-9-16(29(4,25)26)22-18(21-14)23-30(27,28)15-10-20-24(3)17(15)19/h5-11H,1-4H3,(H,21,22,23). The van der Waals surface area contributed by atoms with Crippen LogP contribution in [0.1, 0.15) is 25.3 Å². The Labute approximate surface area is 180 Å². The van der Waals surface area contributed by atoms with E-state index in [1.807, 2.05) is 26.0 Å². The van der Waals surface area contributed by atoms with Crippen molar-refractivity contribution in [3.05, 3.63) is 47.2 Å². The summed E-state index contributed by atoms with van der Waals surface area (Å²) in [6, 6.07) is 8.68. The van der Waals surface area contributed by atoms with Gasteiger partial charge in [0.25, 0.3) is 10.0 Å². The molecule has 0 aliphatic carbocycles. The first-order chi connectivity index (χ1) is 13.9. The van der Waals surface area contributed by atoms with Crippen molar-refractivity contribution in [2.75, 3.05) is 11.0 Å². The van der Waals surface area contributed by atoms with Gasteiger partial charge in [-0.05, 0) is 11.5 Å². The number of nitrogens with one attached hydrogen (secondary N) is 1. The van der Waals surface area contributed by atoms with Crippen LogP contribution in [-0.4, -0.2) is 42.8 Å². The maximum atomic E-state index is 12.7. The molecule has 30 heavy (non-hydrogen) atoms. The topological polar surface area (TPSA) is 124 Å². The number of benzene rings is 1. The van der Waals surface area contributed by atoms with Crippen LogP contribution in [0.5, 0.6) is 0 Å². The van der Waals surface area contributed by atoms with Crippen molar-refractivity contribution in [3.63, 3.8) is 0 Å². The molecule has 0 amide bonds. The number of nitrogens with zero attached hydrogens (tertiary/aromatic N) is 4. The summed E-state index contributed by atoms with van der Waals surface area (Å²) in [6.07, 6.45) is 2.07. The summed E-state index contributed by atoms with van der Waals surface area (Å²) < 4.78 is 53.2. The van der Waals surface area contributed by atoms with Crippen LogP contribution in [0.25, 0.3) is 11.3 Å². The lowest BCUT2D eigenvalue weighted by Gasteiger charge is -2.14. The molecule has 3 aromatic rings. The second-order valence-electron chi connectivity index (χ2n) is 6.96. The number of aromatic nitrogens is 4. The number of rotatable bonds is 6. The Morgan fingerprint density at radius 1 is 1.10 bits per heavy atom. The lowest BCUT2D eigenvalue weighted by atomic mass is 9.95. The Morgan fingerprint density at radius 3 is 2.33 bits per heavy atom. The summed E-state index contributed by atoms with van der Waals surface area (Å²) in [5.74, 6) is -0.251. The van der Waals surface area contributed by atoms with Gasteiger partial charge in [-0.1, -0.05) is 49.7 Å². The van der Waals surface area contributed by atoms with Crippen LogP contribution in [0, 0.1) is 0 Å². The number of sulfone groups is 1. The van der Waals surface area contributed by atoms with Crippen molar-refractivity contribution in [2.24, 2.45) is 7.05 Å². The monoisotopic (exact) mass is 469 g/mol. The van der Waals surface area contributed by atoms with Gasteiger partial charge in [0, 0.05) is 24.9 Å². The van der Waals surface area contributed by atoms with E-state index in [4.69, 9.17) is 11.6 Å². The molecule has 0 saturated heterocycles. The molecule has 1 aromatic carbocycles. The molecule has 1 N–H and O–H groups in total. The number of hydrogen-bond acceptors (Lipinski definition) is 7. The van der Waals surface area contributed by atoms with E-state index in [9.17, 15) is 16.8 Å². The third-order valence-electron chi connectivity index (χ3n) is 4.29. The normalized spacial score (nSPS) is 12.3. The maximum Gasteiger partial charge on any atom is 0.268 e. The number of sulfonamides is 1. The van der Waals surface area contributed by atoms with Crippen molar-refractivity contribution in [1.82, 2.24) is 19.7 Å². The Morgan fingerprint density at radius 2 is 1.77 bits per heavy atom. The van der Waals surface area contributed by atoms with Crippen LogP contribution in [0.2, 0.25) is 5.15 Å². The van der Waals surface area contributed by atoms with E-state index in [1.54, 1.807) is 12.1 Å². The zero-order chi connectivity index (χ0) is 22.3. The van der Waals surface area contributed by atoms with E-state index in [2.05, 4.69) is 19.8 Å². The Kier molecular flexibility index (Phi) is 5.89. The molecule has 0 bridgehead atoms.